The van der Waals surface area contributed by atoms with Gasteiger partial charge in [0.25, 0.3) is 0 Å². The fourth-order valence-corrected chi connectivity index (χ4v) is 2.46. The summed E-state index contributed by atoms with van der Waals surface area (Å²) in [6, 6.07) is 6.65. The third-order valence-corrected chi connectivity index (χ3v) is 3.67. The molecule has 114 valence electrons. The zero-order valence-corrected chi connectivity index (χ0v) is 12.5. The number of carbonyl (C=O) groups is 2. The van der Waals surface area contributed by atoms with Crippen LogP contribution in [0.3, 0.4) is 0 Å². The van der Waals surface area contributed by atoms with Gasteiger partial charge in [-0.3, -0.25) is 4.79 Å². The van der Waals surface area contributed by atoms with Gasteiger partial charge < -0.3 is 15.8 Å². The van der Waals surface area contributed by atoms with Crippen LogP contribution in [0.25, 0.3) is 0 Å². The van der Waals surface area contributed by atoms with Crippen molar-refractivity contribution in [3.05, 3.63) is 29.8 Å². The maximum atomic E-state index is 12.2. The zero-order valence-electron chi connectivity index (χ0n) is 12.5. The predicted octanol–water partition coefficient (Wildman–Crippen LogP) is 2.46. The molecule has 0 saturated heterocycles. The second-order valence-corrected chi connectivity index (χ2v) is 5.85. The molecule has 0 aromatic heterocycles. The van der Waals surface area contributed by atoms with Crippen LogP contribution in [0, 0.1) is 0 Å². The van der Waals surface area contributed by atoms with Gasteiger partial charge in [0, 0.05) is 5.69 Å². The van der Waals surface area contributed by atoms with Crippen LogP contribution < -0.4 is 11.1 Å². The van der Waals surface area contributed by atoms with E-state index in [1.165, 1.54) is 0 Å². The molecule has 1 aromatic carbocycles. The van der Waals surface area contributed by atoms with Gasteiger partial charge in [0.15, 0.2) is 0 Å². The molecule has 2 rings (SSSR count). The Hall–Kier alpha value is -1.88. The van der Waals surface area contributed by atoms with Crippen LogP contribution in [-0.2, 0) is 9.53 Å². The maximum Gasteiger partial charge on any atom is 0.338 e. The quantitative estimate of drug-likeness (QED) is 0.835. The molecule has 0 spiro atoms. The molecule has 5 nitrogen and oxygen atoms in total. The van der Waals surface area contributed by atoms with Crippen molar-refractivity contribution in [2.75, 3.05) is 5.32 Å². The van der Waals surface area contributed by atoms with Gasteiger partial charge in [0.05, 0.1) is 17.2 Å². The number of ether oxygens (including phenoxy) is 1. The van der Waals surface area contributed by atoms with Gasteiger partial charge in [-0.2, -0.15) is 0 Å². The molecule has 0 aliphatic heterocycles. The first-order valence-corrected chi connectivity index (χ1v) is 7.32. The van der Waals surface area contributed by atoms with Crippen LogP contribution in [0.4, 0.5) is 5.69 Å². The lowest BCUT2D eigenvalue weighted by Crippen LogP contribution is -2.48. The normalized spacial score (nSPS) is 16.8. The first-order valence-electron chi connectivity index (χ1n) is 7.32. The average molecular weight is 290 g/mol. The highest BCUT2D eigenvalue weighted by atomic mass is 16.5. The molecule has 1 aromatic rings. The number of anilines is 1. The summed E-state index contributed by atoms with van der Waals surface area (Å²) in [7, 11) is 0. The van der Waals surface area contributed by atoms with Crippen LogP contribution in [0.2, 0.25) is 0 Å². The van der Waals surface area contributed by atoms with Crippen molar-refractivity contribution in [1.29, 1.82) is 0 Å². The van der Waals surface area contributed by atoms with Crippen LogP contribution in [0.15, 0.2) is 24.3 Å². The topological polar surface area (TPSA) is 81.4 Å². The number of nitrogens with one attached hydrogen (secondary N) is 1. The van der Waals surface area contributed by atoms with Crippen LogP contribution in [0.1, 0.15) is 49.9 Å². The minimum Gasteiger partial charge on any atom is -0.459 e. The summed E-state index contributed by atoms with van der Waals surface area (Å²) in [5.41, 5.74) is 6.44. The molecule has 5 heteroatoms. The number of benzene rings is 1. The van der Waals surface area contributed by atoms with E-state index in [0.29, 0.717) is 11.3 Å². The third-order valence-electron chi connectivity index (χ3n) is 3.67. The SMILES string of the molecule is CC(C)OC(=O)c1ccc(NC(=O)C2(N)CCCC2)cc1. The molecule has 0 bridgehead atoms. The minimum atomic E-state index is -0.755. The van der Waals surface area contributed by atoms with Gasteiger partial charge in [0.1, 0.15) is 0 Å². The Bertz CT molecular complexity index is 517. The fourth-order valence-electron chi connectivity index (χ4n) is 2.46. The molecule has 1 aliphatic rings. The first-order chi connectivity index (χ1) is 9.90. The molecule has 1 fully saturated rings. The molecule has 1 amide bonds. The number of nitrogens with two attached hydrogens (primary N) is 1. The van der Waals surface area contributed by atoms with Gasteiger partial charge in [-0.05, 0) is 51.0 Å². The largest absolute Gasteiger partial charge is 0.459 e. The monoisotopic (exact) mass is 290 g/mol. The molecular formula is C16H22N2O3. The molecule has 0 atom stereocenters. The summed E-state index contributed by atoms with van der Waals surface area (Å²) in [6.45, 7) is 3.60. The summed E-state index contributed by atoms with van der Waals surface area (Å²) in [4.78, 5) is 23.9. The molecule has 0 unspecified atom stereocenters. The molecule has 3 N–H and O–H groups in total. The number of carbonyl (C=O) groups excluding carboxylic acids is 2. The molecular weight excluding hydrogens is 268 g/mol. The number of esters is 1. The highest BCUT2D eigenvalue weighted by molar-refractivity contribution is 5.98. The summed E-state index contributed by atoms with van der Waals surface area (Å²) in [5.74, 6) is -0.522. The zero-order chi connectivity index (χ0) is 15.5. The summed E-state index contributed by atoms with van der Waals surface area (Å²) in [6.07, 6.45) is 3.26. The van der Waals surface area contributed by atoms with Crippen molar-refractivity contribution >= 4 is 17.6 Å². The van der Waals surface area contributed by atoms with Crippen molar-refractivity contribution in [2.45, 2.75) is 51.2 Å². The highest BCUT2D eigenvalue weighted by Crippen LogP contribution is 2.28. The smallest absolute Gasteiger partial charge is 0.338 e. The Morgan fingerprint density at radius 3 is 2.29 bits per heavy atom. The number of hydrogen-bond donors (Lipinski definition) is 2. The van der Waals surface area contributed by atoms with Gasteiger partial charge >= 0.3 is 5.97 Å². The summed E-state index contributed by atoms with van der Waals surface area (Å²) in [5, 5.41) is 2.82. The predicted molar refractivity (Wildman–Crippen MR) is 81.0 cm³/mol. The molecule has 1 saturated carbocycles. The Morgan fingerprint density at radius 1 is 1.19 bits per heavy atom. The molecule has 1 aliphatic carbocycles. The summed E-state index contributed by atoms with van der Waals surface area (Å²) < 4.78 is 5.11. The van der Waals surface area contributed by atoms with Gasteiger partial charge in [-0.1, -0.05) is 12.8 Å². The average Bonchev–Trinajstić information content (AvgIpc) is 2.87. The van der Waals surface area contributed by atoms with Gasteiger partial charge in [-0.15, -0.1) is 0 Å². The van der Waals surface area contributed by atoms with Gasteiger partial charge in [-0.25, -0.2) is 4.79 Å². The van der Waals surface area contributed by atoms with Crippen molar-refractivity contribution in [1.82, 2.24) is 0 Å². The molecule has 0 radical (unpaired) electrons. The van der Waals surface area contributed by atoms with E-state index in [4.69, 9.17) is 10.5 Å². The van der Waals surface area contributed by atoms with E-state index < -0.39 is 5.54 Å². The van der Waals surface area contributed by atoms with E-state index in [-0.39, 0.29) is 18.0 Å². The fraction of sp³-hybridized carbons (Fsp3) is 0.500. The van der Waals surface area contributed by atoms with E-state index in [0.717, 1.165) is 25.7 Å². The van der Waals surface area contributed by atoms with E-state index >= 15 is 0 Å². The highest BCUT2D eigenvalue weighted by Gasteiger charge is 2.36. The lowest BCUT2D eigenvalue weighted by Gasteiger charge is -2.22. The van der Waals surface area contributed by atoms with Crippen molar-refractivity contribution in [2.24, 2.45) is 5.73 Å². The Balaban J connectivity index is 1.99. The standard InChI is InChI=1S/C16H22N2O3/c1-11(2)21-14(19)12-5-7-13(8-6-12)18-15(20)16(17)9-3-4-10-16/h5-8,11H,3-4,9-10,17H2,1-2H3,(H,18,20). The minimum absolute atomic E-state index is 0.155. The number of amides is 1. The van der Waals surface area contributed by atoms with Crippen molar-refractivity contribution in [3.63, 3.8) is 0 Å². The Kier molecular flexibility index (Phi) is 4.63. The Morgan fingerprint density at radius 2 is 1.76 bits per heavy atom. The number of hydrogen-bond acceptors (Lipinski definition) is 4. The van der Waals surface area contributed by atoms with E-state index in [1.54, 1.807) is 38.1 Å². The van der Waals surface area contributed by atoms with Crippen molar-refractivity contribution < 1.29 is 14.3 Å². The lowest BCUT2D eigenvalue weighted by molar-refractivity contribution is -0.121. The van der Waals surface area contributed by atoms with E-state index in [2.05, 4.69) is 5.32 Å². The van der Waals surface area contributed by atoms with E-state index in [1.807, 2.05) is 0 Å². The number of rotatable bonds is 4. The summed E-state index contributed by atoms with van der Waals surface area (Å²) >= 11 is 0. The second-order valence-electron chi connectivity index (χ2n) is 5.85. The lowest BCUT2D eigenvalue weighted by atomic mass is 9.98. The van der Waals surface area contributed by atoms with Crippen LogP contribution >= 0.6 is 0 Å². The van der Waals surface area contributed by atoms with Crippen molar-refractivity contribution in [3.8, 4) is 0 Å². The molecule has 21 heavy (non-hydrogen) atoms. The van der Waals surface area contributed by atoms with Gasteiger partial charge in [0.2, 0.25) is 5.91 Å². The maximum absolute atomic E-state index is 12.2. The second kappa shape index (κ2) is 6.26. The Labute approximate surface area is 124 Å². The van der Waals surface area contributed by atoms with Crippen LogP contribution in [-0.4, -0.2) is 23.5 Å². The van der Waals surface area contributed by atoms with Crippen LogP contribution in [0.5, 0.6) is 0 Å². The van der Waals surface area contributed by atoms with E-state index in [9.17, 15) is 9.59 Å². The molecule has 0 heterocycles. The first kappa shape index (κ1) is 15.5. The third kappa shape index (κ3) is 3.82.